The molecule has 0 fully saturated rings. The molecule has 0 saturated carbocycles. The van der Waals surface area contributed by atoms with E-state index in [4.69, 9.17) is 30.0 Å². The molecule has 0 aliphatic carbocycles. The first-order valence-electron chi connectivity index (χ1n) is 17.1. The lowest BCUT2D eigenvalue weighted by molar-refractivity contribution is -0.274. The largest absolute Gasteiger partial charge is 0.573 e. The summed E-state index contributed by atoms with van der Waals surface area (Å²) in [7, 11) is -6.22. The normalized spacial score (nSPS) is 10.7. The molecule has 4 aromatic carbocycles. The Labute approximate surface area is 345 Å². The molecule has 0 saturated heterocycles. The van der Waals surface area contributed by atoms with Crippen molar-refractivity contribution in [1.82, 2.24) is 0 Å². The van der Waals surface area contributed by atoms with E-state index in [0.29, 0.717) is 12.2 Å². The number of halogens is 4. The lowest BCUT2D eigenvalue weighted by atomic mass is 10.1. The molecule has 0 aliphatic heterocycles. The molecule has 4 rings (SSSR count). The van der Waals surface area contributed by atoms with Crippen LogP contribution in [0.25, 0.3) is 24.3 Å². The minimum absolute atomic E-state index is 0. The first-order valence-corrected chi connectivity index (χ1v) is 19.1. The minimum Gasteiger partial charge on any atom is -0.494 e. The Kier molecular flexibility index (Phi) is 26.4. The van der Waals surface area contributed by atoms with Gasteiger partial charge < -0.3 is 9.47 Å². The molecule has 0 amide bonds. The molecule has 0 aromatic heterocycles. The summed E-state index contributed by atoms with van der Waals surface area (Å²) in [6.45, 7) is 6.94. The first kappa shape index (κ1) is 52.1. The lowest BCUT2D eigenvalue weighted by Crippen LogP contribution is -2.17. The van der Waals surface area contributed by atoms with Crippen molar-refractivity contribution >= 4 is 69.5 Å². The topological polar surface area (TPSA) is 155 Å². The summed E-state index contributed by atoms with van der Waals surface area (Å²) in [4.78, 5) is 23.9. The van der Waals surface area contributed by atoms with Crippen LogP contribution in [-0.4, -0.2) is 49.8 Å². The van der Waals surface area contributed by atoms with Crippen molar-refractivity contribution in [1.29, 1.82) is 0 Å². The molecule has 0 atom stereocenters. The Morgan fingerprint density at radius 2 is 0.879 bits per heavy atom. The van der Waals surface area contributed by atoms with E-state index in [2.05, 4.69) is 30.7 Å². The van der Waals surface area contributed by atoms with Gasteiger partial charge in [0, 0.05) is 0 Å². The number of hydrogen-bond acceptors (Lipinski definition) is 10. The van der Waals surface area contributed by atoms with Gasteiger partial charge in [-0.05, 0) is 101 Å². The second-order valence-electron chi connectivity index (χ2n) is 11.3. The first-order chi connectivity index (χ1) is 27.0. The number of carbonyl (C=O) groups is 2. The Morgan fingerprint density at radius 1 is 0.552 bits per heavy atom. The van der Waals surface area contributed by atoms with Crippen molar-refractivity contribution in [2.75, 3.05) is 6.61 Å². The van der Waals surface area contributed by atoms with Crippen LogP contribution in [0, 0.1) is 0 Å². The molecule has 10 nitrogen and oxygen atoms in total. The van der Waals surface area contributed by atoms with Gasteiger partial charge in [0.2, 0.25) is 0 Å². The van der Waals surface area contributed by atoms with Gasteiger partial charge in [0.05, 0.1) is 6.61 Å². The number of aryl methyl sites for hydroxylation is 2. The summed E-state index contributed by atoms with van der Waals surface area (Å²) in [5.41, 5.74) is 5.80. The minimum atomic E-state index is -4.74. The second kappa shape index (κ2) is 29.4. The van der Waals surface area contributed by atoms with Crippen LogP contribution >= 0.6 is 12.4 Å². The average molecular weight is 863 g/mol. The van der Waals surface area contributed by atoms with Crippen LogP contribution in [0.4, 0.5) is 13.2 Å². The summed E-state index contributed by atoms with van der Waals surface area (Å²) < 4.78 is 96.7. The number of alkyl halides is 3. The number of hydrogen-bond donors (Lipinski definition) is 0. The van der Waals surface area contributed by atoms with Crippen LogP contribution in [-0.2, 0) is 43.6 Å². The molecule has 0 spiro atoms. The van der Waals surface area contributed by atoms with E-state index in [9.17, 15) is 22.8 Å². The maximum atomic E-state index is 12.2. The molecule has 16 heteroatoms. The predicted molar refractivity (Wildman–Crippen MR) is 220 cm³/mol. The fourth-order valence-corrected chi connectivity index (χ4v) is 4.40. The van der Waals surface area contributed by atoms with Gasteiger partial charge in [-0.3, -0.25) is 9.59 Å². The molecular formula is C42H42ClF3O10S2. The van der Waals surface area contributed by atoms with Crippen molar-refractivity contribution in [2.24, 2.45) is 0 Å². The molecule has 0 bridgehead atoms. The number of benzene rings is 4. The smallest absolute Gasteiger partial charge is 0.494 e. The summed E-state index contributed by atoms with van der Waals surface area (Å²) in [5, 5.41) is 0. The molecule has 0 N–H and O–H groups in total. The predicted octanol–water partition coefficient (Wildman–Crippen LogP) is 9.19. The van der Waals surface area contributed by atoms with E-state index >= 15 is 0 Å². The third-order valence-electron chi connectivity index (χ3n) is 6.90. The molecule has 4 aromatic rings. The molecule has 310 valence electrons. The lowest BCUT2D eigenvalue weighted by Gasteiger charge is -2.08. The van der Waals surface area contributed by atoms with Crippen molar-refractivity contribution in [3.05, 3.63) is 155 Å². The zero-order valence-electron chi connectivity index (χ0n) is 31.6. The Bertz CT molecular complexity index is 2210. The Balaban J connectivity index is 0.000000932. The maximum Gasteiger partial charge on any atom is 0.573 e. The molecule has 58 heavy (non-hydrogen) atoms. The van der Waals surface area contributed by atoms with E-state index in [1.807, 2.05) is 79.7 Å². The SMILES string of the molecule is CCCOc1cccc(/C=C/C(=O)/C=C/c2cccc(CC)c2)c1.CCc1cccc(/C=C/C(=O)/C=C/c2cccc(OC(F)(F)F)c2)c1.Cl.O=S(=O)=O.O=S(=O)=O. The standard InChI is InChI=1S/C22H24O2.C20H17F3O2.ClH.2O3S/c1-3-15-24-22-10-6-9-20(17-22)12-14-21(23)13-11-19-8-5-7-18(4-2)16-19;1-2-15-5-3-6-16(13-15)9-11-18(24)12-10-17-7-4-8-19(14-17)25-20(21,22)23;;2*1-4(2)3/h5-14,16-17H,3-4,15H2,1-2H3;3-14H,2H2,1H3;1H;;/b13-11+,14-12+;11-9+,12-10+;;;. The highest BCUT2D eigenvalue weighted by Gasteiger charge is 2.31. The van der Waals surface area contributed by atoms with Crippen LogP contribution in [0.2, 0.25) is 0 Å². The molecule has 0 heterocycles. The van der Waals surface area contributed by atoms with Gasteiger partial charge in [0.1, 0.15) is 11.5 Å². The zero-order chi connectivity index (χ0) is 42.6. The zero-order valence-corrected chi connectivity index (χ0v) is 34.1. The highest BCUT2D eigenvalue weighted by molar-refractivity contribution is 7.59. The quantitative estimate of drug-likeness (QED) is 0.112. The van der Waals surface area contributed by atoms with E-state index in [1.54, 1.807) is 24.3 Å². The van der Waals surface area contributed by atoms with E-state index in [1.165, 1.54) is 47.6 Å². The van der Waals surface area contributed by atoms with Crippen molar-refractivity contribution in [3.8, 4) is 11.5 Å². The van der Waals surface area contributed by atoms with Gasteiger partial charge in [-0.1, -0.05) is 118 Å². The fourth-order valence-electron chi connectivity index (χ4n) is 4.40. The molecular weight excluding hydrogens is 821 g/mol. The Morgan fingerprint density at radius 3 is 1.22 bits per heavy atom. The van der Waals surface area contributed by atoms with Crippen LogP contribution in [0.1, 0.15) is 60.6 Å². The van der Waals surface area contributed by atoms with Gasteiger partial charge in [-0.15, -0.1) is 50.8 Å². The molecule has 0 aliphatic rings. The number of rotatable bonds is 14. The Hall–Kier alpha value is -5.90. The number of ether oxygens (including phenoxy) is 2. The summed E-state index contributed by atoms with van der Waals surface area (Å²) in [5.74, 6) is 0.216. The van der Waals surface area contributed by atoms with Crippen LogP contribution < -0.4 is 9.47 Å². The fraction of sp³-hybridized carbons (Fsp3) is 0.190. The van der Waals surface area contributed by atoms with E-state index < -0.39 is 27.6 Å². The van der Waals surface area contributed by atoms with E-state index in [0.717, 1.165) is 41.7 Å². The maximum absolute atomic E-state index is 12.2. The third kappa shape index (κ3) is 26.8. The highest BCUT2D eigenvalue weighted by atomic mass is 35.5. The summed E-state index contributed by atoms with van der Waals surface area (Å²) >= 11 is 0. The highest BCUT2D eigenvalue weighted by Crippen LogP contribution is 2.24. The van der Waals surface area contributed by atoms with Gasteiger partial charge in [-0.25, -0.2) is 0 Å². The van der Waals surface area contributed by atoms with Crippen molar-refractivity contribution in [3.63, 3.8) is 0 Å². The van der Waals surface area contributed by atoms with Gasteiger partial charge in [0.15, 0.2) is 11.6 Å². The average Bonchev–Trinajstić information content (AvgIpc) is 3.16. The summed E-state index contributed by atoms with van der Waals surface area (Å²) in [6, 6.07) is 29.2. The van der Waals surface area contributed by atoms with Crippen molar-refractivity contribution in [2.45, 2.75) is 46.4 Å². The molecule has 0 radical (unpaired) electrons. The molecule has 0 unspecified atom stereocenters. The van der Waals surface area contributed by atoms with Gasteiger partial charge in [0.25, 0.3) is 0 Å². The van der Waals surface area contributed by atoms with Crippen LogP contribution in [0.3, 0.4) is 0 Å². The van der Waals surface area contributed by atoms with Crippen molar-refractivity contribution < 1.29 is 57.5 Å². The van der Waals surface area contributed by atoms with E-state index in [-0.39, 0.29) is 29.7 Å². The van der Waals surface area contributed by atoms with Crippen LogP contribution in [0.15, 0.2) is 121 Å². The monoisotopic (exact) mass is 862 g/mol. The second-order valence-corrected chi connectivity index (χ2v) is 12.1. The van der Waals surface area contributed by atoms with Crippen LogP contribution in [0.5, 0.6) is 11.5 Å². The van der Waals surface area contributed by atoms with Gasteiger partial charge in [-0.2, -0.15) is 0 Å². The summed E-state index contributed by atoms with van der Waals surface area (Å²) in [6.07, 6.45) is 10.8. The number of carbonyl (C=O) groups excluding carboxylic acids is 2. The third-order valence-corrected chi connectivity index (χ3v) is 6.90. The number of ketones is 2. The van der Waals surface area contributed by atoms with Gasteiger partial charge >= 0.3 is 27.6 Å². The number of allylic oxidation sites excluding steroid dienone is 4.